The number of rotatable bonds is 1. The minimum atomic E-state index is -0.940. The number of nitrogens with one attached hydrogen (secondary N) is 1. The second kappa shape index (κ2) is 5.16. The first-order valence-electron chi connectivity index (χ1n) is 1.15. The Morgan fingerprint density at radius 1 is 1.71 bits per heavy atom. The third kappa shape index (κ3) is 11.0. The molecule has 0 aliphatic rings. The molecule has 7 heavy (non-hydrogen) atoms. The van der Waals surface area contributed by atoms with Crippen molar-refractivity contribution in [1.82, 2.24) is 5.43 Å². The minimum absolute atomic E-state index is 0. The van der Waals surface area contributed by atoms with E-state index in [1.807, 2.05) is 5.29 Å². The Kier molecular flexibility index (Phi) is 6.99. The normalized spacial score (nSPS) is 5.71. The number of hydrogen-bond acceptors (Lipinski definition) is 3. The summed E-state index contributed by atoms with van der Waals surface area (Å²) in [6.45, 7) is 0. The van der Waals surface area contributed by atoms with Crippen LogP contribution in [-0.4, -0.2) is 6.03 Å². The van der Waals surface area contributed by atoms with Crippen LogP contribution in [0.25, 0.3) is 0 Å². The number of carbonyl (C=O) groups excluding carboxylic acids is 1. The molecule has 0 fully saturated rings. The zero-order chi connectivity index (χ0) is 4.99. The van der Waals surface area contributed by atoms with E-state index in [4.69, 9.17) is 4.91 Å². The fraction of sp³-hybridized carbons (Fsp3) is 0. The van der Waals surface area contributed by atoms with Crippen molar-refractivity contribution in [2.45, 2.75) is 0 Å². The lowest BCUT2D eigenvalue weighted by Gasteiger charge is -1.77. The zero-order valence-electron chi connectivity index (χ0n) is 3.25. The van der Waals surface area contributed by atoms with Gasteiger partial charge in [0.25, 0.3) is 0 Å². The van der Waals surface area contributed by atoms with Gasteiger partial charge in [-0.15, -0.1) is 17.3 Å². The van der Waals surface area contributed by atoms with E-state index in [1.165, 1.54) is 5.43 Å². The summed E-state index contributed by atoms with van der Waals surface area (Å²) in [6, 6.07) is -0.940. The van der Waals surface area contributed by atoms with Crippen LogP contribution in [0.1, 0.15) is 0 Å². The van der Waals surface area contributed by atoms with Gasteiger partial charge in [0.15, 0.2) is 0 Å². The third-order valence-electron chi connectivity index (χ3n) is 0.156. The van der Waals surface area contributed by atoms with Crippen molar-refractivity contribution in [3.8, 4) is 0 Å². The molecule has 0 bridgehead atoms. The lowest BCUT2D eigenvalue weighted by atomic mass is 11.2. The van der Waals surface area contributed by atoms with E-state index in [-0.39, 0.29) is 12.4 Å². The number of nitroso groups, excluding NO2 is 1. The largest absolute Gasteiger partial charge is 0.350 e. The molecule has 0 saturated carbocycles. The van der Waals surface area contributed by atoms with Gasteiger partial charge < -0.3 is 5.73 Å². The van der Waals surface area contributed by atoms with Gasteiger partial charge >= 0.3 is 6.03 Å². The topological polar surface area (TPSA) is 84.6 Å². The lowest BCUT2D eigenvalue weighted by Crippen LogP contribution is -2.23. The first kappa shape index (κ1) is 9.48. The van der Waals surface area contributed by atoms with Gasteiger partial charge in [0, 0.05) is 0 Å². The molecule has 0 unspecified atom stereocenters. The highest BCUT2D eigenvalue weighted by Crippen LogP contribution is 1.49. The first-order chi connectivity index (χ1) is 2.77. The summed E-state index contributed by atoms with van der Waals surface area (Å²) >= 11 is 0. The first-order valence-corrected chi connectivity index (χ1v) is 1.15. The predicted octanol–water partition coefficient (Wildman–Crippen LogP) is -0.242. The van der Waals surface area contributed by atoms with Crippen LogP contribution in [0.4, 0.5) is 4.79 Å². The number of amides is 2. The Morgan fingerprint density at radius 3 is 2.14 bits per heavy atom. The second-order valence-electron chi connectivity index (χ2n) is 0.567. The third-order valence-corrected chi connectivity index (χ3v) is 0.156. The van der Waals surface area contributed by atoms with E-state index in [2.05, 4.69) is 5.73 Å². The molecule has 0 rings (SSSR count). The summed E-state index contributed by atoms with van der Waals surface area (Å²) in [7, 11) is 0. The SMILES string of the molecule is Cl.NC(=O)NN=O. The van der Waals surface area contributed by atoms with Gasteiger partial charge in [-0.25, -0.2) is 4.79 Å². The fourth-order valence-corrected chi connectivity index (χ4v) is 0.0450. The standard InChI is InChI=1S/CH3N3O2.ClH/c2-1(5)3-4-6;/h(H3,2,3,5,6);1H. The van der Waals surface area contributed by atoms with E-state index in [1.54, 1.807) is 0 Å². The number of primary amides is 1. The monoisotopic (exact) mass is 125 g/mol. The summed E-state index contributed by atoms with van der Waals surface area (Å²) < 4.78 is 0. The molecule has 42 valence electrons. The molecule has 0 saturated heterocycles. The molecule has 0 radical (unpaired) electrons. The molecule has 0 heterocycles. The smallest absolute Gasteiger partial charge is 0.335 e. The molecular weight excluding hydrogens is 121 g/mol. The molecular formula is CH4ClN3O2. The maximum Gasteiger partial charge on any atom is 0.335 e. The van der Waals surface area contributed by atoms with E-state index in [0.29, 0.717) is 0 Å². The number of nitrogens with two attached hydrogens (primary N) is 1. The van der Waals surface area contributed by atoms with Crippen LogP contribution in [0.2, 0.25) is 0 Å². The van der Waals surface area contributed by atoms with Crippen LogP contribution in [0.3, 0.4) is 0 Å². The van der Waals surface area contributed by atoms with Crippen molar-refractivity contribution >= 4 is 18.4 Å². The summed E-state index contributed by atoms with van der Waals surface area (Å²) in [4.78, 5) is 18.4. The average Bonchev–Trinajstić information content (AvgIpc) is 1.35. The van der Waals surface area contributed by atoms with E-state index in [0.717, 1.165) is 0 Å². The molecule has 0 atom stereocenters. The van der Waals surface area contributed by atoms with Crippen LogP contribution in [-0.2, 0) is 0 Å². The van der Waals surface area contributed by atoms with Crippen molar-refractivity contribution in [3.05, 3.63) is 4.91 Å². The van der Waals surface area contributed by atoms with Gasteiger partial charge in [-0.05, 0) is 0 Å². The van der Waals surface area contributed by atoms with Crippen molar-refractivity contribution in [3.63, 3.8) is 0 Å². The molecule has 0 spiro atoms. The Labute approximate surface area is 45.6 Å². The van der Waals surface area contributed by atoms with Gasteiger partial charge in [-0.1, -0.05) is 0 Å². The highest BCUT2D eigenvalue weighted by atomic mass is 35.5. The number of nitrogens with zero attached hydrogens (tertiary/aromatic N) is 1. The molecule has 0 aromatic heterocycles. The van der Waals surface area contributed by atoms with Crippen molar-refractivity contribution in [1.29, 1.82) is 0 Å². The van der Waals surface area contributed by atoms with Crippen LogP contribution < -0.4 is 11.2 Å². The van der Waals surface area contributed by atoms with Crippen LogP contribution in [0.15, 0.2) is 5.29 Å². The molecule has 0 aliphatic heterocycles. The number of halogens is 1. The summed E-state index contributed by atoms with van der Waals surface area (Å²) in [5.41, 5.74) is 5.78. The van der Waals surface area contributed by atoms with Crippen LogP contribution >= 0.6 is 12.4 Å². The lowest BCUT2D eigenvalue weighted by molar-refractivity contribution is 0.249. The van der Waals surface area contributed by atoms with Crippen molar-refractivity contribution in [2.24, 2.45) is 11.0 Å². The average molecular weight is 126 g/mol. The molecule has 2 amide bonds. The van der Waals surface area contributed by atoms with Crippen LogP contribution in [0, 0.1) is 4.91 Å². The summed E-state index contributed by atoms with van der Waals surface area (Å²) in [5.74, 6) is 0. The van der Waals surface area contributed by atoms with Gasteiger partial charge in [-0.2, -0.15) is 5.43 Å². The summed E-state index contributed by atoms with van der Waals surface area (Å²) in [5, 5.41) is 1.96. The number of carbonyl (C=O) groups is 1. The van der Waals surface area contributed by atoms with E-state index >= 15 is 0 Å². The maximum absolute atomic E-state index is 9.42. The minimum Gasteiger partial charge on any atom is -0.350 e. The fourth-order valence-electron chi connectivity index (χ4n) is 0.0450. The molecule has 5 nitrogen and oxygen atoms in total. The molecule has 0 aromatic carbocycles. The van der Waals surface area contributed by atoms with Crippen molar-refractivity contribution in [2.75, 3.05) is 0 Å². The number of hydrogen-bond donors (Lipinski definition) is 2. The zero-order valence-corrected chi connectivity index (χ0v) is 4.07. The highest BCUT2D eigenvalue weighted by Gasteiger charge is 1.80. The second-order valence-corrected chi connectivity index (χ2v) is 0.567. The van der Waals surface area contributed by atoms with Crippen LogP contribution in [0.5, 0.6) is 0 Å². The maximum atomic E-state index is 9.42. The molecule has 0 aliphatic carbocycles. The number of urea groups is 1. The van der Waals surface area contributed by atoms with Gasteiger partial charge in [-0.3, -0.25) is 0 Å². The predicted molar refractivity (Wildman–Crippen MR) is 25.8 cm³/mol. The highest BCUT2D eigenvalue weighted by molar-refractivity contribution is 5.85. The Morgan fingerprint density at radius 2 is 2.14 bits per heavy atom. The van der Waals surface area contributed by atoms with Crippen molar-refractivity contribution < 1.29 is 4.79 Å². The van der Waals surface area contributed by atoms with E-state index < -0.39 is 6.03 Å². The molecule has 3 N–H and O–H groups in total. The Balaban J connectivity index is 0. The quantitative estimate of drug-likeness (QED) is 0.374. The molecule has 0 aromatic rings. The Hall–Kier alpha value is -0.840. The summed E-state index contributed by atoms with van der Waals surface area (Å²) in [6.07, 6.45) is 0. The van der Waals surface area contributed by atoms with Gasteiger partial charge in [0.2, 0.25) is 0 Å². The molecule has 6 heteroatoms. The van der Waals surface area contributed by atoms with Gasteiger partial charge in [0.1, 0.15) is 0 Å². The van der Waals surface area contributed by atoms with E-state index in [9.17, 15) is 4.79 Å². The van der Waals surface area contributed by atoms with Gasteiger partial charge in [0.05, 0.1) is 5.29 Å². The Bertz CT molecular complexity index is 73.3.